The van der Waals surface area contributed by atoms with E-state index in [9.17, 15) is 25.6 Å². The van der Waals surface area contributed by atoms with Crippen LogP contribution in [0.25, 0.3) is 0 Å². The van der Waals surface area contributed by atoms with Gasteiger partial charge < -0.3 is 0 Å². The second-order valence-electron chi connectivity index (χ2n) is 9.06. The third kappa shape index (κ3) is 6.47. The zero-order valence-electron chi connectivity index (χ0n) is 20.8. The largest absolute Gasteiger partial charge is 0.244 e. The number of benzene rings is 2. The fourth-order valence-corrected chi connectivity index (χ4v) is 7.83. The summed E-state index contributed by atoms with van der Waals surface area (Å²) >= 11 is 0. The number of sulfonamides is 2. The molecule has 0 unspecified atom stereocenters. The van der Waals surface area contributed by atoms with Crippen LogP contribution in [0, 0.1) is 23.0 Å². The molecule has 2 fully saturated rings. The van der Waals surface area contributed by atoms with Crippen LogP contribution in [0.2, 0.25) is 0 Å². The molecule has 0 saturated carbocycles. The zero-order chi connectivity index (χ0) is 28.0. The summed E-state index contributed by atoms with van der Waals surface area (Å²) in [6.07, 6.45) is 4.46. The monoisotopic (exact) mass is 579 g/mol. The van der Waals surface area contributed by atoms with Crippen LogP contribution in [-0.2, 0) is 20.0 Å². The van der Waals surface area contributed by atoms with E-state index < -0.39 is 43.8 Å². The maximum Gasteiger partial charge on any atom is 0.244 e. The van der Waals surface area contributed by atoms with E-state index in [1.807, 2.05) is 6.07 Å². The number of aromatic amines is 1. The lowest BCUT2D eigenvalue weighted by atomic mass is 10.0. The number of hydrogen-bond donors (Lipinski definition) is 1. The van der Waals surface area contributed by atoms with Gasteiger partial charge in [-0.3, -0.25) is 0 Å². The number of nitrogens with one attached hydrogen (secondary N) is 1. The molecule has 1 N–H and O–H groups in total. The minimum atomic E-state index is -3.71. The van der Waals surface area contributed by atoms with Crippen LogP contribution in [-0.4, -0.2) is 65.2 Å². The quantitative estimate of drug-likeness (QED) is 0.484. The predicted octanol–water partition coefficient (Wildman–Crippen LogP) is 3.15. The fourth-order valence-electron chi connectivity index (χ4n) is 4.57. The molecular formula is C24H27F2N7O4S2. The van der Waals surface area contributed by atoms with Gasteiger partial charge >= 0.3 is 0 Å². The Morgan fingerprint density at radius 3 is 1.82 bits per heavy atom. The van der Waals surface area contributed by atoms with Crippen molar-refractivity contribution in [2.45, 2.75) is 60.4 Å². The molecule has 3 aromatic rings. The van der Waals surface area contributed by atoms with Crippen LogP contribution in [0.5, 0.6) is 0 Å². The molecule has 0 spiro atoms. The van der Waals surface area contributed by atoms with Gasteiger partial charge in [0.15, 0.2) is 5.82 Å². The van der Waals surface area contributed by atoms with Gasteiger partial charge in [-0.1, -0.05) is 11.6 Å². The van der Waals surface area contributed by atoms with Gasteiger partial charge in [-0.15, -0.1) is 10.2 Å². The van der Waals surface area contributed by atoms with E-state index in [0.29, 0.717) is 31.8 Å². The maximum atomic E-state index is 13.0. The van der Waals surface area contributed by atoms with E-state index >= 15 is 0 Å². The van der Waals surface area contributed by atoms with E-state index in [0.717, 1.165) is 49.9 Å². The molecule has 15 heteroatoms. The van der Waals surface area contributed by atoms with Gasteiger partial charge in [0.05, 0.1) is 21.9 Å². The molecule has 208 valence electrons. The number of halogens is 2. The van der Waals surface area contributed by atoms with Gasteiger partial charge in [0.2, 0.25) is 20.0 Å². The minimum absolute atomic E-state index is 0.0334. The van der Waals surface area contributed by atoms with E-state index in [2.05, 4.69) is 20.6 Å². The predicted molar refractivity (Wildman–Crippen MR) is 135 cm³/mol. The standard InChI is InChI=1S/C12H14FN5O2S.C12H13FN2O2S/c13-9-4-6-10(7-5-9)21(19,20)18-8-2-1-3-11(18)12-14-16-17-15-12;13-10-4-6-12(7-5-10)18(16,17)15-8-2-1-3-11(15)9-14/h4-7,11H,1-3,8H2,(H,14,15,16,17);4-7,11H,1-3,8H2/t2*11-/m00/s1. The molecule has 2 aliphatic rings. The van der Waals surface area contributed by atoms with Crippen molar-refractivity contribution in [2.75, 3.05) is 13.1 Å². The summed E-state index contributed by atoms with van der Waals surface area (Å²) in [7, 11) is -7.40. The highest BCUT2D eigenvalue weighted by atomic mass is 32.2. The third-order valence-corrected chi connectivity index (χ3v) is 10.4. The van der Waals surface area contributed by atoms with E-state index in [1.165, 1.54) is 32.9 Å². The Kier molecular flexibility index (Phi) is 9.01. The summed E-state index contributed by atoms with van der Waals surface area (Å²) in [6, 6.07) is 10.5. The van der Waals surface area contributed by atoms with Crippen molar-refractivity contribution in [3.8, 4) is 6.07 Å². The van der Waals surface area contributed by atoms with Crippen LogP contribution in [0.3, 0.4) is 0 Å². The smallest absolute Gasteiger partial charge is 0.207 e. The molecule has 1 aromatic heterocycles. The van der Waals surface area contributed by atoms with Crippen LogP contribution >= 0.6 is 0 Å². The Bertz CT molecular complexity index is 1500. The summed E-state index contributed by atoms with van der Waals surface area (Å²) in [4.78, 5) is 0.102. The summed E-state index contributed by atoms with van der Waals surface area (Å²) in [5, 5.41) is 22.6. The molecule has 2 aliphatic heterocycles. The van der Waals surface area contributed by atoms with E-state index in [4.69, 9.17) is 5.26 Å². The first kappa shape index (κ1) is 28.7. The molecular weight excluding hydrogens is 552 g/mol. The fraction of sp³-hybridized carbons (Fsp3) is 0.417. The first-order chi connectivity index (χ1) is 18.6. The highest BCUT2D eigenvalue weighted by molar-refractivity contribution is 7.89. The highest BCUT2D eigenvalue weighted by Gasteiger charge is 2.37. The van der Waals surface area contributed by atoms with Gasteiger partial charge in [-0.2, -0.15) is 19.1 Å². The molecule has 5 rings (SSSR count). The van der Waals surface area contributed by atoms with E-state index in [1.54, 1.807) is 0 Å². The Hall–Kier alpha value is -3.32. The van der Waals surface area contributed by atoms with Crippen molar-refractivity contribution >= 4 is 20.0 Å². The zero-order valence-corrected chi connectivity index (χ0v) is 22.5. The number of hydrogen-bond acceptors (Lipinski definition) is 8. The van der Waals surface area contributed by atoms with Crippen LogP contribution in [0.15, 0.2) is 58.3 Å². The number of H-pyrrole nitrogens is 1. The average molecular weight is 580 g/mol. The molecule has 0 amide bonds. The van der Waals surface area contributed by atoms with Crippen molar-refractivity contribution in [3.63, 3.8) is 0 Å². The van der Waals surface area contributed by atoms with Crippen LogP contribution in [0.4, 0.5) is 8.78 Å². The second kappa shape index (κ2) is 12.2. The number of nitrogens with zero attached hydrogens (tertiary/aromatic N) is 6. The lowest BCUT2D eigenvalue weighted by molar-refractivity contribution is 0.246. The average Bonchev–Trinajstić information content (AvgIpc) is 3.49. The topological polar surface area (TPSA) is 153 Å². The van der Waals surface area contributed by atoms with Gasteiger partial charge in [-0.25, -0.2) is 25.6 Å². The lowest BCUT2D eigenvalue weighted by Crippen LogP contribution is -2.42. The summed E-state index contributed by atoms with van der Waals surface area (Å²) in [6.45, 7) is 0.733. The SMILES string of the molecule is N#C[C@@H]1CCCCN1S(=O)(=O)c1ccc(F)cc1.O=S(=O)(c1ccc(F)cc1)N1CCCC[C@H]1c1nn[nH]n1. The number of nitriles is 1. The van der Waals surface area contributed by atoms with E-state index in [-0.39, 0.29) is 9.79 Å². The summed E-state index contributed by atoms with van der Waals surface area (Å²) in [5.41, 5.74) is 0. The Morgan fingerprint density at radius 2 is 1.31 bits per heavy atom. The van der Waals surface area contributed by atoms with Gasteiger partial charge in [-0.05, 0) is 80.6 Å². The number of tetrazole rings is 1. The van der Waals surface area contributed by atoms with Gasteiger partial charge in [0, 0.05) is 13.1 Å². The molecule has 2 saturated heterocycles. The first-order valence-corrected chi connectivity index (χ1v) is 15.2. The lowest BCUT2D eigenvalue weighted by Gasteiger charge is -2.32. The number of rotatable bonds is 5. The molecule has 0 bridgehead atoms. The van der Waals surface area contributed by atoms with Crippen LogP contribution < -0.4 is 0 Å². The Morgan fingerprint density at radius 1 is 0.795 bits per heavy atom. The minimum Gasteiger partial charge on any atom is -0.207 e. The van der Waals surface area contributed by atoms with Crippen molar-refractivity contribution in [1.82, 2.24) is 29.2 Å². The third-order valence-electron chi connectivity index (χ3n) is 6.56. The van der Waals surface area contributed by atoms with Gasteiger partial charge in [0.25, 0.3) is 0 Å². The van der Waals surface area contributed by atoms with Crippen molar-refractivity contribution < 1.29 is 25.6 Å². The molecule has 3 heterocycles. The van der Waals surface area contributed by atoms with Crippen molar-refractivity contribution in [1.29, 1.82) is 5.26 Å². The second-order valence-corrected chi connectivity index (χ2v) is 12.8. The first-order valence-electron chi connectivity index (χ1n) is 12.3. The van der Waals surface area contributed by atoms with Gasteiger partial charge in [0.1, 0.15) is 17.7 Å². The number of piperidine rings is 2. The summed E-state index contributed by atoms with van der Waals surface area (Å²) in [5.74, 6) is -0.591. The Balaban J connectivity index is 0.000000183. The van der Waals surface area contributed by atoms with Crippen molar-refractivity contribution in [3.05, 3.63) is 66.0 Å². The molecule has 0 radical (unpaired) electrons. The highest BCUT2D eigenvalue weighted by Crippen LogP contribution is 2.33. The van der Waals surface area contributed by atoms with Crippen molar-refractivity contribution in [2.24, 2.45) is 0 Å². The molecule has 0 aliphatic carbocycles. The normalized spacial score (nSPS) is 20.9. The molecule has 2 atom stereocenters. The summed E-state index contributed by atoms with van der Waals surface area (Å²) < 4.78 is 78.4. The molecule has 2 aromatic carbocycles. The molecule has 11 nitrogen and oxygen atoms in total. The maximum absolute atomic E-state index is 13.0. The Labute approximate surface area is 225 Å². The molecule has 39 heavy (non-hydrogen) atoms. The number of aromatic nitrogens is 4. The van der Waals surface area contributed by atoms with Crippen LogP contribution in [0.1, 0.15) is 50.4 Å².